The van der Waals surface area contributed by atoms with Crippen LogP contribution in [0.1, 0.15) is 38.8 Å². The topological polar surface area (TPSA) is 62.3 Å². The Morgan fingerprint density at radius 2 is 2.03 bits per heavy atom. The fourth-order valence-corrected chi connectivity index (χ4v) is 5.61. The largest absolute Gasteiger partial charge is 0.486 e. The molecule has 7 nitrogen and oxygen atoms in total. The number of halogens is 1. The highest BCUT2D eigenvalue weighted by Crippen LogP contribution is 2.46. The van der Waals surface area contributed by atoms with Crippen molar-refractivity contribution in [2.45, 2.75) is 33.2 Å². The third-order valence-corrected chi connectivity index (χ3v) is 7.41. The average molecular weight is 482 g/mol. The van der Waals surface area contributed by atoms with Gasteiger partial charge in [0, 0.05) is 37.3 Å². The van der Waals surface area contributed by atoms with Crippen LogP contribution < -0.4 is 4.74 Å². The van der Waals surface area contributed by atoms with Gasteiger partial charge in [-0.25, -0.2) is 4.39 Å². The van der Waals surface area contributed by atoms with E-state index in [1.807, 2.05) is 18.0 Å². The Balaban J connectivity index is 1.69. The summed E-state index contributed by atoms with van der Waals surface area (Å²) < 4.78 is 26.3. The van der Waals surface area contributed by atoms with E-state index in [1.54, 1.807) is 25.0 Å². The van der Waals surface area contributed by atoms with E-state index in [2.05, 4.69) is 24.1 Å². The lowest BCUT2D eigenvalue weighted by molar-refractivity contribution is -0.160. The molecule has 3 heterocycles. The Hall–Kier alpha value is -2.97. The minimum atomic E-state index is -0.400. The van der Waals surface area contributed by atoms with Crippen LogP contribution in [0.2, 0.25) is 0 Å². The van der Waals surface area contributed by atoms with Crippen LogP contribution in [-0.2, 0) is 14.3 Å². The minimum Gasteiger partial charge on any atom is -0.486 e. The first-order valence-electron chi connectivity index (χ1n) is 12.2. The molecule has 1 saturated heterocycles. The predicted molar refractivity (Wildman–Crippen MR) is 128 cm³/mol. The van der Waals surface area contributed by atoms with Crippen LogP contribution in [0, 0.1) is 17.7 Å². The lowest BCUT2D eigenvalue weighted by atomic mass is 9.85. The van der Waals surface area contributed by atoms with E-state index in [1.165, 1.54) is 6.07 Å². The molecule has 1 aromatic carbocycles. The Morgan fingerprint density at radius 1 is 1.23 bits per heavy atom. The van der Waals surface area contributed by atoms with Crippen LogP contribution in [-0.4, -0.2) is 66.7 Å². The summed E-state index contributed by atoms with van der Waals surface area (Å²) in [7, 11) is 1.60. The summed E-state index contributed by atoms with van der Waals surface area (Å²) in [5.74, 6) is -0.249. The molecular weight excluding hydrogens is 449 g/mol. The van der Waals surface area contributed by atoms with Crippen molar-refractivity contribution < 1.29 is 23.5 Å². The second-order valence-corrected chi connectivity index (χ2v) is 9.91. The molecule has 1 fully saturated rings. The van der Waals surface area contributed by atoms with E-state index >= 15 is 4.39 Å². The first-order valence-corrected chi connectivity index (χ1v) is 12.2. The molecule has 186 valence electrons. The maximum Gasteiger partial charge on any atom is 0.273 e. The number of methoxy groups -OCH3 is 1. The van der Waals surface area contributed by atoms with Crippen LogP contribution in [0.4, 0.5) is 4.39 Å². The Kier molecular flexibility index (Phi) is 6.27. The van der Waals surface area contributed by atoms with Crippen LogP contribution in [0.3, 0.4) is 0 Å². The van der Waals surface area contributed by atoms with Gasteiger partial charge in [-0.2, -0.15) is 5.01 Å². The number of carbonyl (C=O) groups excluding carboxylic acids is 2. The fraction of sp³-hybridized carbons (Fsp3) is 0.481. The number of para-hydroxylation sites is 1. The second kappa shape index (κ2) is 9.24. The molecule has 3 unspecified atom stereocenters. The monoisotopic (exact) mass is 481 g/mol. The number of benzene rings is 1. The highest BCUT2D eigenvalue weighted by molar-refractivity contribution is 6.07. The normalized spacial score (nSPS) is 26.9. The summed E-state index contributed by atoms with van der Waals surface area (Å²) in [5.41, 5.74) is 3.78. The van der Waals surface area contributed by atoms with Gasteiger partial charge in [0.1, 0.15) is 12.3 Å². The molecule has 0 saturated carbocycles. The smallest absolute Gasteiger partial charge is 0.273 e. The second-order valence-electron chi connectivity index (χ2n) is 9.91. The molecule has 3 aliphatic heterocycles. The standard InChI is InChI=1S/C27H32FN3O4/c1-16-8-9-20-19(12-16)14-35-26-21(6-5-7-22(26)28)24(20)31-15-29(10-11-34-4)27(33)23-18(3)25(32)17(2)13-30(23)31/h5-9,16-17,24H,10-15H2,1-4H3. The molecule has 8 heteroatoms. The molecule has 0 N–H and O–H groups in total. The van der Waals surface area contributed by atoms with E-state index in [9.17, 15) is 9.59 Å². The maximum absolute atomic E-state index is 15.0. The molecule has 0 radical (unpaired) electrons. The van der Waals surface area contributed by atoms with Crippen LogP contribution >= 0.6 is 0 Å². The van der Waals surface area contributed by atoms with Gasteiger partial charge in [-0.3, -0.25) is 14.6 Å². The van der Waals surface area contributed by atoms with E-state index in [0.29, 0.717) is 50.2 Å². The summed E-state index contributed by atoms with van der Waals surface area (Å²) in [4.78, 5) is 28.1. The zero-order chi connectivity index (χ0) is 24.9. The van der Waals surface area contributed by atoms with E-state index in [-0.39, 0.29) is 29.4 Å². The van der Waals surface area contributed by atoms with E-state index in [0.717, 1.165) is 23.1 Å². The summed E-state index contributed by atoms with van der Waals surface area (Å²) in [6, 6.07) is 4.65. The molecule has 35 heavy (non-hydrogen) atoms. The van der Waals surface area contributed by atoms with Crippen molar-refractivity contribution in [3.8, 4) is 5.75 Å². The first-order chi connectivity index (χ1) is 16.8. The van der Waals surface area contributed by atoms with E-state index in [4.69, 9.17) is 9.47 Å². The number of hydrogen-bond donors (Lipinski definition) is 0. The number of ether oxygens (including phenoxy) is 2. The Morgan fingerprint density at radius 3 is 2.80 bits per heavy atom. The molecule has 0 spiro atoms. The zero-order valence-electron chi connectivity index (χ0n) is 20.7. The number of hydrazine groups is 1. The summed E-state index contributed by atoms with van der Waals surface area (Å²) >= 11 is 0. The zero-order valence-corrected chi connectivity index (χ0v) is 20.7. The van der Waals surface area contributed by atoms with Crippen LogP contribution in [0.25, 0.3) is 0 Å². The van der Waals surface area contributed by atoms with Gasteiger partial charge in [-0.05, 0) is 36.5 Å². The number of allylic oxidation sites excluding steroid dienone is 2. The van der Waals surface area contributed by atoms with Gasteiger partial charge < -0.3 is 14.4 Å². The Labute approximate surface area is 205 Å². The van der Waals surface area contributed by atoms with Gasteiger partial charge in [0.15, 0.2) is 17.3 Å². The highest BCUT2D eigenvalue weighted by Gasteiger charge is 2.46. The van der Waals surface area contributed by atoms with Crippen molar-refractivity contribution in [2.75, 3.05) is 40.1 Å². The number of carbonyl (C=O) groups is 2. The molecule has 1 amide bonds. The van der Waals surface area contributed by atoms with Crippen molar-refractivity contribution in [1.82, 2.24) is 14.9 Å². The average Bonchev–Trinajstić information content (AvgIpc) is 2.99. The maximum atomic E-state index is 15.0. The lowest BCUT2D eigenvalue weighted by Gasteiger charge is -2.52. The molecule has 3 atom stereocenters. The minimum absolute atomic E-state index is 0.0138. The number of amides is 1. The fourth-order valence-electron chi connectivity index (χ4n) is 5.61. The quantitative estimate of drug-likeness (QED) is 0.655. The van der Waals surface area contributed by atoms with Gasteiger partial charge in [-0.1, -0.05) is 38.1 Å². The van der Waals surface area contributed by atoms with Crippen LogP contribution in [0.15, 0.2) is 52.8 Å². The number of hydrogen-bond acceptors (Lipinski definition) is 6. The molecule has 1 aliphatic carbocycles. The number of ketones is 1. The van der Waals surface area contributed by atoms with Gasteiger partial charge in [-0.15, -0.1) is 0 Å². The molecule has 4 aliphatic rings. The first kappa shape index (κ1) is 23.8. The highest BCUT2D eigenvalue weighted by atomic mass is 19.1. The summed E-state index contributed by atoms with van der Waals surface area (Å²) in [6.07, 6.45) is 5.13. The van der Waals surface area contributed by atoms with Gasteiger partial charge >= 0.3 is 0 Å². The molecular formula is C27H32FN3O4. The number of rotatable bonds is 4. The van der Waals surface area contributed by atoms with Gasteiger partial charge in [0.2, 0.25) is 0 Å². The third kappa shape index (κ3) is 3.98. The molecule has 0 aromatic heterocycles. The lowest BCUT2D eigenvalue weighted by Crippen LogP contribution is -2.62. The van der Waals surface area contributed by atoms with Crippen molar-refractivity contribution in [2.24, 2.45) is 11.8 Å². The van der Waals surface area contributed by atoms with Crippen molar-refractivity contribution >= 4 is 11.7 Å². The molecule has 5 rings (SSSR count). The van der Waals surface area contributed by atoms with Gasteiger partial charge in [0.25, 0.3) is 5.91 Å². The Bertz CT molecular complexity index is 1160. The number of nitrogens with zero attached hydrogens (tertiary/aromatic N) is 3. The van der Waals surface area contributed by atoms with E-state index < -0.39 is 5.82 Å². The molecule has 0 bridgehead atoms. The summed E-state index contributed by atoms with van der Waals surface area (Å²) in [5, 5.41) is 4.07. The summed E-state index contributed by atoms with van der Waals surface area (Å²) in [6.45, 7) is 7.54. The van der Waals surface area contributed by atoms with Crippen molar-refractivity contribution in [1.29, 1.82) is 0 Å². The van der Waals surface area contributed by atoms with Crippen molar-refractivity contribution in [3.05, 3.63) is 64.1 Å². The van der Waals surface area contributed by atoms with Crippen LogP contribution in [0.5, 0.6) is 5.75 Å². The predicted octanol–water partition coefficient (Wildman–Crippen LogP) is 3.61. The number of Topliss-reactive ketones (excluding diaryl/α,β-unsaturated/α-hetero) is 1. The third-order valence-electron chi connectivity index (χ3n) is 7.41. The van der Waals surface area contributed by atoms with Gasteiger partial charge in [0.05, 0.1) is 19.3 Å². The SMILES string of the molecule is COCCN1CN(C2C3=C(COc4c(F)cccc42)CC(C)C=C3)N2CC(C)C(=O)C(C)=C2C1=O. The van der Waals surface area contributed by atoms with Crippen molar-refractivity contribution in [3.63, 3.8) is 0 Å². The number of fused-ring (bicyclic) bond motifs is 2. The molecule has 1 aromatic rings.